The van der Waals surface area contributed by atoms with Crippen molar-refractivity contribution in [3.63, 3.8) is 0 Å². The number of nitrogens with one attached hydrogen (secondary N) is 1. The van der Waals surface area contributed by atoms with Gasteiger partial charge in [0.15, 0.2) is 0 Å². The van der Waals surface area contributed by atoms with Crippen LogP contribution in [-0.2, 0) is 6.42 Å². The fraction of sp³-hybridized carbons (Fsp3) is 0.235. The van der Waals surface area contributed by atoms with Gasteiger partial charge in [-0.05, 0) is 48.4 Å². The van der Waals surface area contributed by atoms with Crippen molar-refractivity contribution < 1.29 is 9.53 Å². The zero-order valence-electron chi connectivity index (χ0n) is 11.9. The van der Waals surface area contributed by atoms with Crippen LogP contribution in [0.1, 0.15) is 22.8 Å². The van der Waals surface area contributed by atoms with E-state index in [0.717, 1.165) is 12.2 Å². The van der Waals surface area contributed by atoms with E-state index in [1.807, 2.05) is 24.3 Å². The van der Waals surface area contributed by atoms with Gasteiger partial charge >= 0.3 is 0 Å². The topological polar surface area (TPSA) is 38.3 Å². The molecule has 2 aromatic rings. The molecule has 1 N–H and O–H groups in total. The Kier molecular flexibility index (Phi) is 5.64. The van der Waals surface area contributed by atoms with Crippen molar-refractivity contribution in [2.24, 2.45) is 0 Å². The van der Waals surface area contributed by atoms with Crippen molar-refractivity contribution in [3.05, 3.63) is 64.7 Å². The van der Waals surface area contributed by atoms with E-state index >= 15 is 0 Å². The molecule has 0 saturated heterocycles. The predicted molar refractivity (Wildman–Crippen MR) is 85.1 cm³/mol. The Morgan fingerprint density at radius 1 is 1.10 bits per heavy atom. The lowest BCUT2D eigenvalue weighted by Gasteiger charge is -2.08. The molecule has 0 spiro atoms. The molecule has 4 heteroatoms. The first-order valence-electron chi connectivity index (χ1n) is 6.94. The second-order valence-corrected chi connectivity index (χ2v) is 5.05. The maximum atomic E-state index is 11.8. The van der Waals surface area contributed by atoms with Crippen LogP contribution in [0.15, 0.2) is 48.5 Å². The van der Waals surface area contributed by atoms with Gasteiger partial charge in [-0.1, -0.05) is 30.7 Å². The Labute approximate surface area is 129 Å². The lowest BCUT2D eigenvalue weighted by atomic mass is 10.2. The zero-order valence-corrected chi connectivity index (χ0v) is 12.7. The molecule has 0 unspecified atom stereocenters. The minimum atomic E-state index is -0.128. The normalized spacial score (nSPS) is 10.2. The van der Waals surface area contributed by atoms with Gasteiger partial charge in [-0.3, -0.25) is 4.79 Å². The fourth-order valence-corrected chi connectivity index (χ4v) is 1.98. The Morgan fingerprint density at radius 2 is 1.76 bits per heavy atom. The van der Waals surface area contributed by atoms with Crippen LogP contribution < -0.4 is 10.1 Å². The highest BCUT2D eigenvalue weighted by molar-refractivity contribution is 6.30. The molecular formula is C17H18ClNO2. The third-order valence-corrected chi connectivity index (χ3v) is 3.35. The van der Waals surface area contributed by atoms with Gasteiger partial charge in [0.1, 0.15) is 12.4 Å². The molecule has 21 heavy (non-hydrogen) atoms. The van der Waals surface area contributed by atoms with Gasteiger partial charge in [-0.25, -0.2) is 0 Å². The summed E-state index contributed by atoms with van der Waals surface area (Å²) >= 11 is 5.78. The van der Waals surface area contributed by atoms with Crippen LogP contribution in [0.25, 0.3) is 0 Å². The third kappa shape index (κ3) is 4.80. The monoisotopic (exact) mass is 303 g/mol. The Bertz CT molecular complexity index is 579. The van der Waals surface area contributed by atoms with Gasteiger partial charge in [0.2, 0.25) is 0 Å². The second-order valence-electron chi connectivity index (χ2n) is 4.61. The Hall–Kier alpha value is -2.00. The first-order valence-corrected chi connectivity index (χ1v) is 7.32. The maximum absolute atomic E-state index is 11.8. The van der Waals surface area contributed by atoms with E-state index in [9.17, 15) is 4.79 Å². The lowest BCUT2D eigenvalue weighted by Crippen LogP contribution is -2.28. The van der Waals surface area contributed by atoms with E-state index in [1.54, 1.807) is 24.3 Å². The number of amides is 1. The highest BCUT2D eigenvalue weighted by atomic mass is 35.5. The van der Waals surface area contributed by atoms with E-state index in [-0.39, 0.29) is 5.91 Å². The molecule has 0 aliphatic heterocycles. The largest absolute Gasteiger partial charge is 0.492 e. The Morgan fingerprint density at radius 3 is 2.38 bits per heavy atom. The molecule has 3 nitrogen and oxygen atoms in total. The first kappa shape index (κ1) is 15.4. The molecule has 0 radical (unpaired) electrons. The van der Waals surface area contributed by atoms with Crippen LogP contribution in [0, 0.1) is 0 Å². The first-order chi connectivity index (χ1) is 10.2. The van der Waals surface area contributed by atoms with E-state index in [2.05, 4.69) is 12.2 Å². The summed E-state index contributed by atoms with van der Waals surface area (Å²) in [5.74, 6) is 0.685. The van der Waals surface area contributed by atoms with E-state index < -0.39 is 0 Å². The van der Waals surface area contributed by atoms with Gasteiger partial charge in [-0.2, -0.15) is 0 Å². The van der Waals surface area contributed by atoms with Crippen LogP contribution >= 0.6 is 11.6 Å². The molecule has 110 valence electrons. The molecule has 2 rings (SSSR count). The van der Waals surface area contributed by atoms with E-state index in [4.69, 9.17) is 16.3 Å². The summed E-state index contributed by atoms with van der Waals surface area (Å²) in [7, 11) is 0. The molecule has 1 amide bonds. The van der Waals surface area contributed by atoms with Gasteiger partial charge in [0, 0.05) is 10.6 Å². The minimum Gasteiger partial charge on any atom is -0.492 e. The molecule has 0 heterocycles. The van der Waals surface area contributed by atoms with Gasteiger partial charge < -0.3 is 10.1 Å². The molecule has 0 aliphatic carbocycles. The summed E-state index contributed by atoms with van der Waals surface area (Å²) in [6.07, 6.45) is 1.01. The number of halogens is 1. The summed E-state index contributed by atoms with van der Waals surface area (Å²) < 4.78 is 5.58. The summed E-state index contributed by atoms with van der Waals surface area (Å²) in [6, 6.07) is 14.8. The van der Waals surface area contributed by atoms with Crippen molar-refractivity contribution >= 4 is 17.5 Å². The molecule has 0 aliphatic rings. The van der Waals surface area contributed by atoms with Gasteiger partial charge in [0.05, 0.1) is 6.54 Å². The molecule has 0 saturated carbocycles. The van der Waals surface area contributed by atoms with E-state index in [1.165, 1.54) is 5.56 Å². The van der Waals surface area contributed by atoms with Crippen LogP contribution in [0.3, 0.4) is 0 Å². The fourth-order valence-electron chi connectivity index (χ4n) is 1.86. The van der Waals surface area contributed by atoms with Crippen molar-refractivity contribution in [2.45, 2.75) is 13.3 Å². The lowest BCUT2D eigenvalue weighted by molar-refractivity contribution is 0.0947. The van der Waals surface area contributed by atoms with Crippen molar-refractivity contribution in [1.29, 1.82) is 0 Å². The summed E-state index contributed by atoms with van der Waals surface area (Å²) in [4.78, 5) is 11.8. The van der Waals surface area contributed by atoms with E-state index in [0.29, 0.717) is 23.7 Å². The number of rotatable bonds is 6. The predicted octanol–water partition coefficient (Wildman–Crippen LogP) is 3.71. The number of ether oxygens (including phenoxy) is 1. The van der Waals surface area contributed by atoms with Crippen LogP contribution in [0.2, 0.25) is 5.02 Å². The minimum absolute atomic E-state index is 0.128. The summed E-state index contributed by atoms with van der Waals surface area (Å²) in [5.41, 5.74) is 1.87. The molecule has 0 atom stereocenters. The third-order valence-electron chi connectivity index (χ3n) is 3.09. The number of carbonyl (C=O) groups excluding carboxylic acids is 1. The number of hydrogen-bond donors (Lipinski definition) is 1. The van der Waals surface area contributed by atoms with Crippen LogP contribution in [0.5, 0.6) is 5.75 Å². The summed E-state index contributed by atoms with van der Waals surface area (Å²) in [6.45, 7) is 3.00. The summed E-state index contributed by atoms with van der Waals surface area (Å²) in [5, 5.41) is 3.42. The second kappa shape index (κ2) is 7.70. The van der Waals surface area contributed by atoms with Crippen LogP contribution in [-0.4, -0.2) is 19.1 Å². The molecule has 0 fully saturated rings. The van der Waals surface area contributed by atoms with Crippen LogP contribution in [0.4, 0.5) is 0 Å². The number of hydrogen-bond acceptors (Lipinski definition) is 2. The molecule has 0 aromatic heterocycles. The Balaban J connectivity index is 1.73. The average molecular weight is 304 g/mol. The quantitative estimate of drug-likeness (QED) is 0.826. The highest BCUT2D eigenvalue weighted by Crippen LogP contribution is 2.12. The number of carbonyl (C=O) groups is 1. The maximum Gasteiger partial charge on any atom is 0.251 e. The molecule has 0 bridgehead atoms. The zero-order chi connectivity index (χ0) is 15.1. The SMILES string of the molecule is CCc1ccc(OCCNC(=O)c2ccc(Cl)cc2)cc1. The standard InChI is InChI=1S/C17H18ClNO2/c1-2-13-3-9-16(10-4-13)21-12-11-19-17(20)14-5-7-15(18)8-6-14/h3-10H,2,11-12H2,1H3,(H,19,20). The van der Waals surface area contributed by atoms with Gasteiger partial charge in [0.25, 0.3) is 5.91 Å². The number of benzene rings is 2. The average Bonchev–Trinajstić information content (AvgIpc) is 2.52. The molecular weight excluding hydrogens is 286 g/mol. The molecule has 2 aromatic carbocycles. The highest BCUT2D eigenvalue weighted by Gasteiger charge is 2.04. The van der Waals surface area contributed by atoms with Crippen molar-refractivity contribution in [2.75, 3.05) is 13.2 Å². The number of aryl methyl sites for hydroxylation is 1. The smallest absolute Gasteiger partial charge is 0.251 e. The van der Waals surface area contributed by atoms with Crippen molar-refractivity contribution in [1.82, 2.24) is 5.32 Å². The van der Waals surface area contributed by atoms with Gasteiger partial charge in [-0.15, -0.1) is 0 Å². The van der Waals surface area contributed by atoms with Crippen molar-refractivity contribution in [3.8, 4) is 5.75 Å².